The van der Waals surface area contributed by atoms with Crippen LogP contribution in [0.15, 0.2) is 18.2 Å². The largest absolute Gasteiger partial charge is 0.378 e. The van der Waals surface area contributed by atoms with Gasteiger partial charge in [-0.1, -0.05) is 0 Å². The molecule has 120 valence electrons. The van der Waals surface area contributed by atoms with E-state index in [9.17, 15) is 9.18 Å². The monoisotopic (exact) mass is 328 g/mol. The number of ether oxygens (including phenoxy) is 1. The van der Waals surface area contributed by atoms with E-state index in [4.69, 9.17) is 4.74 Å². The van der Waals surface area contributed by atoms with Crippen molar-refractivity contribution in [3.05, 3.63) is 24.0 Å². The number of aromatic nitrogens is 2. The normalized spacial score (nSPS) is 18.0. The number of benzene rings is 1. The minimum atomic E-state index is -0.345. The number of rotatable bonds is 3. The third-order valence-corrected chi connectivity index (χ3v) is 3.52. The maximum absolute atomic E-state index is 13.2. The maximum atomic E-state index is 13.2. The first-order valence-electron chi connectivity index (χ1n) is 6.86. The summed E-state index contributed by atoms with van der Waals surface area (Å²) in [6.45, 7) is 1.96. The smallest absolute Gasteiger partial charge is 0.228 e. The molecule has 2 heterocycles. The second kappa shape index (κ2) is 7.04. The van der Waals surface area contributed by atoms with Crippen LogP contribution in [0, 0.1) is 5.82 Å². The molecule has 8 heteroatoms. The van der Waals surface area contributed by atoms with Gasteiger partial charge in [0.15, 0.2) is 0 Å². The summed E-state index contributed by atoms with van der Waals surface area (Å²) in [7, 11) is 1.78. The summed E-state index contributed by atoms with van der Waals surface area (Å²) >= 11 is 0. The van der Waals surface area contributed by atoms with E-state index in [0.29, 0.717) is 31.1 Å². The van der Waals surface area contributed by atoms with Gasteiger partial charge < -0.3 is 14.6 Å². The Morgan fingerprint density at radius 3 is 3.14 bits per heavy atom. The number of hydrogen-bond donors (Lipinski definition) is 2. The molecule has 1 amide bonds. The molecule has 2 aromatic rings. The van der Waals surface area contributed by atoms with Gasteiger partial charge in [0, 0.05) is 32.1 Å². The number of aryl methyl sites for hydroxylation is 1. The molecule has 1 atom stereocenters. The molecule has 1 unspecified atom stereocenters. The third kappa shape index (κ3) is 3.55. The Hall–Kier alpha value is -1.70. The van der Waals surface area contributed by atoms with E-state index in [1.807, 2.05) is 0 Å². The Kier molecular flexibility index (Phi) is 5.33. The van der Waals surface area contributed by atoms with Gasteiger partial charge in [0.25, 0.3) is 0 Å². The molecule has 1 fully saturated rings. The van der Waals surface area contributed by atoms with E-state index in [1.165, 1.54) is 12.1 Å². The molecule has 3 rings (SSSR count). The molecule has 1 aliphatic rings. The van der Waals surface area contributed by atoms with Crippen molar-refractivity contribution in [1.82, 2.24) is 14.9 Å². The van der Waals surface area contributed by atoms with Crippen molar-refractivity contribution >= 4 is 35.3 Å². The summed E-state index contributed by atoms with van der Waals surface area (Å²) in [5, 5.41) is 5.98. The first-order valence-corrected chi connectivity index (χ1v) is 6.86. The number of anilines is 1. The lowest BCUT2D eigenvalue weighted by atomic mass is 10.2. The van der Waals surface area contributed by atoms with Crippen LogP contribution in [-0.2, 0) is 16.6 Å². The number of imidazole rings is 1. The van der Waals surface area contributed by atoms with Crippen LogP contribution in [0.25, 0.3) is 11.0 Å². The number of nitrogens with zero attached hydrogens (tertiary/aromatic N) is 2. The summed E-state index contributed by atoms with van der Waals surface area (Å²) in [5.74, 6) is -0.0729. The average molecular weight is 329 g/mol. The van der Waals surface area contributed by atoms with Crippen LogP contribution >= 0.6 is 12.4 Å². The SMILES string of the molecule is Cl.Cn1c(NC(=O)CC2COCCN2)nc2cc(F)ccc21. The van der Waals surface area contributed by atoms with Gasteiger partial charge in [-0.25, -0.2) is 9.37 Å². The number of morpholine rings is 1. The van der Waals surface area contributed by atoms with E-state index in [1.54, 1.807) is 17.7 Å². The summed E-state index contributed by atoms with van der Waals surface area (Å²) in [4.78, 5) is 16.3. The molecule has 0 aliphatic carbocycles. The lowest BCUT2D eigenvalue weighted by molar-refractivity contribution is -0.117. The molecule has 0 radical (unpaired) electrons. The van der Waals surface area contributed by atoms with Crippen LogP contribution in [-0.4, -0.2) is 41.3 Å². The number of fused-ring (bicyclic) bond motifs is 1. The number of nitrogens with one attached hydrogen (secondary N) is 2. The van der Waals surface area contributed by atoms with Crippen molar-refractivity contribution in [2.24, 2.45) is 7.05 Å². The predicted molar refractivity (Wildman–Crippen MR) is 83.8 cm³/mol. The van der Waals surface area contributed by atoms with E-state index in [0.717, 1.165) is 12.1 Å². The van der Waals surface area contributed by atoms with Crippen LogP contribution in [0.2, 0.25) is 0 Å². The molecular formula is C14H18ClFN4O2. The highest BCUT2D eigenvalue weighted by molar-refractivity contribution is 5.91. The molecule has 0 bridgehead atoms. The molecule has 22 heavy (non-hydrogen) atoms. The summed E-state index contributed by atoms with van der Waals surface area (Å²) < 4.78 is 20.2. The highest BCUT2D eigenvalue weighted by Crippen LogP contribution is 2.19. The first-order chi connectivity index (χ1) is 10.1. The zero-order valence-corrected chi connectivity index (χ0v) is 13.0. The molecular weight excluding hydrogens is 311 g/mol. The lowest BCUT2D eigenvalue weighted by Crippen LogP contribution is -2.43. The number of carbonyl (C=O) groups is 1. The van der Waals surface area contributed by atoms with Crippen LogP contribution in [0.4, 0.5) is 10.3 Å². The molecule has 0 saturated carbocycles. The van der Waals surface area contributed by atoms with Crippen LogP contribution < -0.4 is 10.6 Å². The zero-order valence-electron chi connectivity index (χ0n) is 12.1. The van der Waals surface area contributed by atoms with Crippen molar-refractivity contribution in [2.45, 2.75) is 12.5 Å². The van der Waals surface area contributed by atoms with Crippen molar-refractivity contribution in [3.8, 4) is 0 Å². The molecule has 2 N–H and O–H groups in total. The summed E-state index contributed by atoms with van der Waals surface area (Å²) in [6, 6.07) is 4.38. The second-order valence-electron chi connectivity index (χ2n) is 5.11. The fraction of sp³-hybridized carbons (Fsp3) is 0.429. The zero-order chi connectivity index (χ0) is 14.8. The van der Waals surface area contributed by atoms with Gasteiger partial charge >= 0.3 is 0 Å². The highest BCUT2D eigenvalue weighted by Gasteiger charge is 2.18. The Morgan fingerprint density at radius 1 is 1.59 bits per heavy atom. The molecule has 1 aromatic heterocycles. The number of carbonyl (C=O) groups excluding carboxylic acids is 1. The Bertz CT molecular complexity index is 670. The van der Waals surface area contributed by atoms with Gasteiger partial charge in [0.05, 0.1) is 24.2 Å². The van der Waals surface area contributed by atoms with Gasteiger partial charge in [-0.15, -0.1) is 12.4 Å². The fourth-order valence-electron chi connectivity index (χ4n) is 2.44. The molecule has 6 nitrogen and oxygen atoms in total. The van der Waals surface area contributed by atoms with Crippen molar-refractivity contribution in [3.63, 3.8) is 0 Å². The van der Waals surface area contributed by atoms with E-state index in [2.05, 4.69) is 15.6 Å². The minimum absolute atomic E-state index is 0. The highest BCUT2D eigenvalue weighted by atomic mass is 35.5. The van der Waals surface area contributed by atoms with E-state index < -0.39 is 0 Å². The average Bonchev–Trinajstić information content (AvgIpc) is 2.75. The van der Waals surface area contributed by atoms with Gasteiger partial charge in [-0.05, 0) is 12.1 Å². The first kappa shape index (κ1) is 16.7. The van der Waals surface area contributed by atoms with Gasteiger partial charge in [-0.3, -0.25) is 10.1 Å². The van der Waals surface area contributed by atoms with Gasteiger partial charge in [0.2, 0.25) is 11.9 Å². The van der Waals surface area contributed by atoms with Crippen molar-refractivity contribution < 1.29 is 13.9 Å². The quantitative estimate of drug-likeness (QED) is 0.895. The topological polar surface area (TPSA) is 68.2 Å². The predicted octanol–water partition coefficient (Wildman–Crippen LogP) is 1.45. The standard InChI is InChI=1S/C14H17FN4O2.ClH/c1-19-12-3-2-9(15)6-11(12)17-14(19)18-13(20)7-10-8-21-5-4-16-10;/h2-3,6,10,16H,4-5,7-8H2,1H3,(H,17,18,20);1H. The van der Waals surface area contributed by atoms with Gasteiger partial charge in [-0.2, -0.15) is 0 Å². The number of hydrogen-bond acceptors (Lipinski definition) is 4. The molecule has 0 spiro atoms. The third-order valence-electron chi connectivity index (χ3n) is 3.52. The number of halogens is 2. The second-order valence-corrected chi connectivity index (χ2v) is 5.11. The minimum Gasteiger partial charge on any atom is -0.378 e. The van der Waals surface area contributed by atoms with Crippen LogP contribution in [0.3, 0.4) is 0 Å². The van der Waals surface area contributed by atoms with Crippen molar-refractivity contribution in [1.29, 1.82) is 0 Å². The molecule has 1 saturated heterocycles. The van der Waals surface area contributed by atoms with E-state index >= 15 is 0 Å². The van der Waals surface area contributed by atoms with Gasteiger partial charge in [0.1, 0.15) is 5.82 Å². The Balaban J connectivity index is 0.00000176. The number of amides is 1. The molecule has 1 aromatic carbocycles. The van der Waals surface area contributed by atoms with E-state index in [-0.39, 0.29) is 30.2 Å². The Morgan fingerprint density at radius 2 is 2.41 bits per heavy atom. The lowest BCUT2D eigenvalue weighted by Gasteiger charge is -2.23. The van der Waals surface area contributed by atoms with Crippen LogP contribution in [0.5, 0.6) is 0 Å². The van der Waals surface area contributed by atoms with Crippen molar-refractivity contribution in [2.75, 3.05) is 25.1 Å². The molecule has 1 aliphatic heterocycles. The maximum Gasteiger partial charge on any atom is 0.228 e. The summed E-state index contributed by atoms with van der Waals surface area (Å²) in [6.07, 6.45) is 0.317. The Labute approximate surface area is 133 Å². The summed E-state index contributed by atoms with van der Waals surface area (Å²) in [5.41, 5.74) is 1.29. The van der Waals surface area contributed by atoms with Crippen LogP contribution in [0.1, 0.15) is 6.42 Å². The fourth-order valence-corrected chi connectivity index (χ4v) is 2.44.